The average Bonchev–Trinajstić information content (AvgIpc) is 2.17. The van der Waals surface area contributed by atoms with Gasteiger partial charge in [0.05, 0.1) is 7.11 Å². The van der Waals surface area contributed by atoms with Crippen molar-refractivity contribution in [2.24, 2.45) is 5.73 Å². The summed E-state index contributed by atoms with van der Waals surface area (Å²) in [6.07, 6.45) is -1.10. The van der Waals surface area contributed by atoms with Gasteiger partial charge in [-0.2, -0.15) is 0 Å². The first-order valence-corrected chi connectivity index (χ1v) is 4.17. The van der Waals surface area contributed by atoms with E-state index in [1.807, 2.05) is 13.0 Å². The van der Waals surface area contributed by atoms with Crippen LogP contribution in [0.4, 0.5) is 4.39 Å². The topological polar surface area (TPSA) is 35.2 Å². The van der Waals surface area contributed by atoms with Crippen molar-refractivity contribution in [3.8, 4) is 5.75 Å². The third kappa shape index (κ3) is 2.18. The summed E-state index contributed by atoms with van der Waals surface area (Å²) in [5.41, 5.74) is 6.79. The highest BCUT2D eigenvalue weighted by Gasteiger charge is 2.09. The molecule has 1 atom stereocenters. The van der Waals surface area contributed by atoms with Crippen molar-refractivity contribution in [2.75, 3.05) is 13.7 Å². The minimum Gasteiger partial charge on any atom is -0.496 e. The minimum atomic E-state index is -1.10. The largest absolute Gasteiger partial charge is 0.496 e. The van der Waals surface area contributed by atoms with Gasteiger partial charge < -0.3 is 10.5 Å². The zero-order chi connectivity index (χ0) is 9.84. The van der Waals surface area contributed by atoms with E-state index in [9.17, 15) is 4.39 Å². The van der Waals surface area contributed by atoms with Gasteiger partial charge in [-0.05, 0) is 24.1 Å². The van der Waals surface area contributed by atoms with Gasteiger partial charge in [0.2, 0.25) is 0 Å². The first-order chi connectivity index (χ1) is 6.19. The summed E-state index contributed by atoms with van der Waals surface area (Å²) < 4.78 is 18.2. The normalized spacial score (nSPS) is 12.6. The van der Waals surface area contributed by atoms with Crippen molar-refractivity contribution in [3.63, 3.8) is 0 Å². The van der Waals surface area contributed by atoms with E-state index in [1.54, 1.807) is 19.2 Å². The van der Waals surface area contributed by atoms with E-state index in [1.165, 1.54) is 0 Å². The third-order valence-corrected chi connectivity index (χ3v) is 2.00. The molecule has 0 aliphatic carbocycles. The van der Waals surface area contributed by atoms with Crippen LogP contribution in [0.25, 0.3) is 0 Å². The zero-order valence-electron chi connectivity index (χ0n) is 7.88. The fourth-order valence-electron chi connectivity index (χ4n) is 1.17. The predicted octanol–water partition coefficient (Wildman–Crippen LogP) is 1.97. The Balaban J connectivity index is 2.99. The van der Waals surface area contributed by atoms with Crippen LogP contribution in [0.15, 0.2) is 18.2 Å². The summed E-state index contributed by atoms with van der Waals surface area (Å²) in [4.78, 5) is 0. The van der Waals surface area contributed by atoms with Crippen LogP contribution in [0.5, 0.6) is 5.75 Å². The van der Waals surface area contributed by atoms with E-state index in [0.29, 0.717) is 11.3 Å². The Bertz CT molecular complexity index is 288. The molecule has 2 N–H and O–H groups in total. The summed E-state index contributed by atoms with van der Waals surface area (Å²) in [5, 5.41) is 0. The van der Waals surface area contributed by atoms with Gasteiger partial charge in [0.15, 0.2) is 0 Å². The Morgan fingerprint density at radius 1 is 1.54 bits per heavy atom. The standard InChI is InChI=1S/C10H14FNO/c1-7-3-4-8(9(11)6-12)5-10(7)13-2/h3-5,9H,6,12H2,1-2H3. The van der Waals surface area contributed by atoms with Crippen LogP contribution in [0, 0.1) is 6.92 Å². The number of nitrogens with two attached hydrogens (primary N) is 1. The van der Waals surface area contributed by atoms with Crippen molar-refractivity contribution < 1.29 is 9.13 Å². The van der Waals surface area contributed by atoms with Crippen molar-refractivity contribution in [2.45, 2.75) is 13.1 Å². The van der Waals surface area contributed by atoms with Gasteiger partial charge >= 0.3 is 0 Å². The van der Waals surface area contributed by atoms with Crippen LogP contribution in [0.2, 0.25) is 0 Å². The van der Waals surface area contributed by atoms with E-state index in [2.05, 4.69) is 0 Å². The molecule has 1 rings (SSSR count). The Labute approximate surface area is 77.5 Å². The molecule has 2 nitrogen and oxygen atoms in total. The average molecular weight is 183 g/mol. The summed E-state index contributed by atoms with van der Waals surface area (Å²) >= 11 is 0. The van der Waals surface area contributed by atoms with Crippen LogP contribution in [0.1, 0.15) is 17.3 Å². The molecule has 0 aliphatic rings. The number of methoxy groups -OCH3 is 1. The molecule has 1 aromatic carbocycles. The highest BCUT2D eigenvalue weighted by atomic mass is 19.1. The lowest BCUT2D eigenvalue weighted by Gasteiger charge is -2.09. The molecule has 0 bridgehead atoms. The van der Waals surface area contributed by atoms with Gasteiger partial charge in [-0.15, -0.1) is 0 Å². The molecule has 1 aromatic rings. The van der Waals surface area contributed by atoms with Crippen LogP contribution in [-0.4, -0.2) is 13.7 Å². The maximum absolute atomic E-state index is 13.1. The van der Waals surface area contributed by atoms with Gasteiger partial charge in [-0.1, -0.05) is 12.1 Å². The fourth-order valence-corrected chi connectivity index (χ4v) is 1.17. The van der Waals surface area contributed by atoms with E-state index in [0.717, 1.165) is 5.56 Å². The second-order valence-corrected chi connectivity index (χ2v) is 2.93. The molecule has 0 amide bonds. The summed E-state index contributed by atoms with van der Waals surface area (Å²) in [7, 11) is 1.57. The predicted molar refractivity (Wildman–Crippen MR) is 50.6 cm³/mol. The lowest BCUT2D eigenvalue weighted by molar-refractivity contribution is 0.349. The summed E-state index contributed by atoms with van der Waals surface area (Å²) in [6, 6.07) is 5.25. The molecule has 0 saturated heterocycles. The first kappa shape index (κ1) is 9.99. The van der Waals surface area contributed by atoms with Crippen LogP contribution in [-0.2, 0) is 0 Å². The van der Waals surface area contributed by atoms with Crippen LogP contribution < -0.4 is 10.5 Å². The molecular weight excluding hydrogens is 169 g/mol. The van der Waals surface area contributed by atoms with E-state index < -0.39 is 6.17 Å². The molecule has 13 heavy (non-hydrogen) atoms. The summed E-state index contributed by atoms with van der Waals surface area (Å²) in [6.45, 7) is 1.92. The second-order valence-electron chi connectivity index (χ2n) is 2.93. The molecule has 0 spiro atoms. The molecule has 3 heteroatoms. The number of benzene rings is 1. The van der Waals surface area contributed by atoms with Crippen LogP contribution in [0.3, 0.4) is 0 Å². The number of ether oxygens (including phenoxy) is 1. The molecule has 0 fully saturated rings. The quantitative estimate of drug-likeness (QED) is 0.777. The zero-order valence-corrected chi connectivity index (χ0v) is 7.88. The fraction of sp³-hybridized carbons (Fsp3) is 0.400. The molecule has 0 aliphatic heterocycles. The van der Waals surface area contributed by atoms with Crippen LogP contribution >= 0.6 is 0 Å². The monoisotopic (exact) mass is 183 g/mol. The Morgan fingerprint density at radius 3 is 2.77 bits per heavy atom. The number of alkyl halides is 1. The van der Waals surface area contributed by atoms with Gasteiger partial charge in [-0.3, -0.25) is 0 Å². The number of hydrogen-bond donors (Lipinski definition) is 1. The van der Waals surface area contributed by atoms with Gasteiger partial charge in [0.25, 0.3) is 0 Å². The molecule has 0 saturated carbocycles. The number of rotatable bonds is 3. The molecule has 72 valence electrons. The minimum absolute atomic E-state index is 0.00617. The first-order valence-electron chi connectivity index (χ1n) is 4.17. The molecule has 1 unspecified atom stereocenters. The molecule has 0 radical (unpaired) electrons. The molecular formula is C10H14FNO. The van der Waals surface area contributed by atoms with Crippen molar-refractivity contribution in [1.82, 2.24) is 0 Å². The lowest BCUT2D eigenvalue weighted by Crippen LogP contribution is -2.07. The van der Waals surface area contributed by atoms with E-state index in [4.69, 9.17) is 10.5 Å². The SMILES string of the molecule is COc1cc(C(F)CN)ccc1C. The maximum atomic E-state index is 13.1. The molecule has 0 heterocycles. The van der Waals surface area contributed by atoms with Crippen molar-refractivity contribution in [3.05, 3.63) is 29.3 Å². The molecule has 0 aromatic heterocycles. The Hall–Kier alpha value is -1.09. The van der Waals surface area contributed by atoms with Crippen molar-refractivity contribution >= 4 is 0 Å². The smallest absolute Gasteiger partial charge is 0.137 e. The highest BCUT2D eigenvalue weighted by molar-refractivity contribution is 5.37. The van der Waals surface area contributed by atoms with Gasteiger partial charge in [-0.25, -0.2) is 4.39 Å². The van der Waals surface area contributed by atoms with Crippen molar-refractivity contribution in [1.29, 1.82) is 0 Å². The maximum Gasteiger partial charge on any atom is 0.137 e. The number of aryl methyl sites for hydroxylation is 1. The van der Waals surface area contributed by atoms with Gasteiger partial charge in [0.1, 0.15) is 11.9 Å². The Kier molecular flexibility index (Phi) is 3.25. The Morgan fingerprint density at radius 2 is 2.23 bits per heavy atom. The summed E-state index contributed by atoms with van der Waals surface area (Å²) in [5.74, 6) is 0.702. The number of halogens is 1. The highest BCUT2D eigenvalue weighted by Crippen LogP contribution is 2.24. The number of hydrogen-bond acceptors (Lipinski definition) is 2. The second kappa shape index (κ2) is 4.23. The van der Waals surface area contributed by atoms with E-state index >= 15 is 0 Å². The van der Waals surface area contributed by atoms with E-state index in [-0.39, 0.29) is 6.54 Å². The lowest BCUT2D eigenvalue weighted by atomic mass is 10.1. The van der Waals surface area contributed by atoms with Gasteiger partial charge in [0, 0.05) is 6.54 Å². The third-order valence-electron chi connectivity index (χ3n) is 2.00.